The summed E-state index contributed by atoms with van der Waals surface area (Å²) in [4.78, 5) is 6.73. The number of nitrogens with zero attached hydrogens (tertiary/aromatic N) is 2. The third-order valence-electron chi connectivity index (χ3n) is 4.57. The molecule has 1 aliphatic carbocycles. The van der Waals surface area contributed by atoms with Crippen molar-refractivity contribution in [2.24, 2.45) is 16.6 Å². The minimum Gasteiger partial charge on any atom is -0.435 e. The van der Waals surface area contributed by atoms with Gasteiger partial charge in [-0.25, -0.2) is 4.99 Å². The second kappa shape index (κ2) is 6.72. The van der Waals surface area contributed by atoms with Crippen LogP contribution in [0.4, 0.5) is 8.78 Å². The maximum atomic E-state index is 12.5. The van der Waals surface area contributed by atoms with Crippen LogP contribution in [0, 0.1) is 5.92 Å². The van der Waals surface area contributed by atoms with Gasteiger partial charge in [-0.15, -0.1) is 0 Å². The van der Waals surface area contributed by atoms with Gasteiger partial charge in [0.05, 0.1) is 6.04 Å². The molecule has 2 fully saturated rings. The summed E-state index contributed by atoms with van der Waals surface area (Å²) < 4.78 is 29.6. The monoisotopic (exact) mass is 323 g/mol. The number of aliphatic imine (C=N–C) groups is 1. The molecule has 1 saturated carbocycles. The lowest BCUT2D eigenvalue weighted by Crippen LogP contribution is -2.43. The number of para-hydroxylation sites is 1. The third-order valence-corrected chi connectivity index (χ3v) is 4.57. The third kappa shape index (κ3) is 3.92. The van der Waals surface area contributed by atoms with E-state index in [4.69, 9.17) is 5.73 Å². The van der Waals surface area contributed by atoms with Crippen LogP contribution in [0.3, 0.4) is 0 Å². The van der Waals surface area contributed by atoms with Crippen LogP contribution < -0.4 is 10.5 Å². The predicted molar refractivity (Wildman–Crippen MR) is 85.8 cm³/mol. The van der Waals surface area contributed by atoms with Crippen LogP contribution in [-0.2, 0) is 0 Å². The number of rotatable bonds is 4. The van der Waals surface area contributed by atoms with Crippen molar-refractivity contribution >= 4 is 5.96 Å². The minimum absolute atomic E-state index is 0.0645. The molecule has 4 nitrogen and oxygen atoms in total. The molecule has 3 rings (SSSR count). The first kappa shape index (κ1) is 16.0. The highest BCUT2D eigenvalue weighted by Crippen LogP contribution is 2.47. The lowest BCUT2D eigenvalue weighted by molar-refractivity contribution is -0.0504. The maximum absolute atomic E-state index is 12.5. The molecule has 3 atom stereocenters. The predicted octanol–water partition coefficient (Wildman–Crippen LogP) is 3.19. The van der Waals surface area contributed by atoms with E-state index in [1.807, 2.05) is 12.1 Å². The number of likely N-dealkylation sites (tertiary alicyclic amines) is 1. The van der Waals surface area contributed by atoms with Crippen molar-refractivity contribution in [2.45, 2.75) is 44.8 Å². The van der Waals surface area contributed by atoms with Gasteiger partial charge in [-0.3, -0.25) is 0 Å². The quantitative estimate of drug-likeness (QED) is 0.684. The van der Waals surface area contributed by atoms with Gasteiger partial charge >= 0.3 is 6.61 Å². The van der Waals surface area contributed by atoms with Crippen molar-refractivity contribution < 1.29 is 13.5 Å². The fourth-order valence-electron chi connectivity index (χ4n) is 3.30. The lowest BCUT2D eigenvalue weighted by atomic mass is 10.0. The van der Waals surface area contributed by atoms with Crippen LogP contribution in [0.1, 0.15) is 37.7 Å². The van der Waals surface area contributed by atoms with E-state index in [1.165, 1.54) is 6.42 Å². The van der Waals surface area contributed by atoms with Gasteiger partial charge in [0.15, 0.2) is 5.96 Å². The van der Waals surface area contributed by atoms with E-state index in [0.717, 1.165) is 31.5 Å². The fourth-order valence-corrected chi connectivity index (χ4v) is 3.30. The molecule has 0 bridgehead atoms. The molecule has 6 heteroatoms. The molecule has 1 aromatic carbocycles. The molecule has 1 aliphatic heterocycles. The average molecular weight is 323 g/mol. The van der Waals surface area contributed by atoms with Crippen LogP contribution in [0.2, 0.25) is 0 Å². The van der Waals surface area contributed by atoms with Crippen molar-refractivity contribution in [3.05, 3.63) is 29.8 Å². The van der Waals surface area contributed by atoms with Gasteiger partial charge in [-0.05, 0) is 36.8 Å². The zero-order valence-electron chi connectivity index (χ0n) is 13.3. The normalized spacial score (nSPS) is 28.1. The Balaban J connectivity index is 1.66. The molecule has 2 aliphatic rings. The summed E-state index contributed by atoms with van der Waals surface area (Å²) in [7, 11) is 0. The van der Waals surface area contributed by atoms with Gasteiger partial charge in [0.2, 0.25) is 0 Å². The van der Waals surface area contributed by atoms with E-state index in [2.05, 4.69) is 21.6 Å². The molecular formula is C17H23F2N3O. The number of alkyl halides is 2. The molecule has 126 valence electrons. The number of nitrogens with two attached hydrogens (primary N) is 1. The number of piperidine rings is 1. The minimum atomic E-state index is -2.81. The topological polar surface area (TPSA) is 50.8 Å². The Kier molecular flexibility index (Phi) is 4.68. The van der Waals surface area contributed by atoms with Gasteiger partial charge in [0.1, 0.15) is 5.75 Å². The van der Waals surface area contributed by atoms with E-state index >= 15 is 0 Å². The Morgan fingerprint density at radius 2 is 2.17 bits per heavy atom. The molecule has 1 saturated heterocycles. The first-order valence-corrected chi connectivity index (χ1v) is 8.16. The van der Waals surface area contributed by atoms with Crippen molar-refractivity contribution in [1.82, 2.24) is 4.90 Å². The van der Waals surface area contributed by atoms with Crippen molar-refractivity contribution in [2.75, 3.05) is 13.1 Å². The van der Waals surface area contributed by atoms with Crippen LogP contribution in [0.5, 0.6) is 5.75 Å². The van der Waals surface area contributed by atoms with Gasteiger partial charge in [-0.2, -0.15) is 8.78 Å². The van der Waals surface area contributed by atoms with Crippen molar-refractivity contribution in [1.29, 1.82) is 0 Å². The Morgan fingerprint density at radius 1 is 1.39 bits per heavy atom. The molecule has 1 unspecified atom stereocenters. The van der Waals surface area contributed by atoms with Gasteiger partial charge in [0.25, 0.3) is 0 Å². The largest absolute Gasteiger partial charge is 0.435 e. The summed E-state index contributed by atoms with van der Waals surface area (Å²) in [6.07, 6.45) is 3.19. The highest BCUT2D eigenvalue weighted by atomic mass is 19.3. The maximum Gasteiger partial charge on any atom is 0.387 e. The van der Waals surface area contributed by atoms with Crippen molar-refractivity contribution in [3.63, 3.8) is 0 Å². The molecule has 0 spiro atoms. The summed E-state index contributed by atoms with van der Waals surface area (Å²) in [5.41, 5.74) is 6.93. The van der Waals surface area contributed by atoms with E-state index in [9.17, 15) is 8.78 Å². The second-order valence-electron chi connectivity index (χ2n) is 6.51. The second-order valence-corrected chi connectivity index (χ2v) is 6.51. The zero-order valence-corrected chi connectivity index (χ0v) is 13.3. The van der Waals surface area contributed by atoms with Crippen molar-refractivity contribution in [3.8, 4) is 5.75 Å². The summed E-state index contributed by atoms with van der Waals surface area (Å²) in [6.45, 7) is 1.30. The van der Waals surface area contributed by atoms with E-state index in [-0.39, 0.29) is 17.7 Å². The number of hydrogen-bond acceptors (Lipinski definition) is 2. The molecule has 1 heterocycles. The Bertz CT molecular complexity index is 579. The number of benzene rings is 1. The smallest absolute Gasteiger partial charge is 0.387 e. The lowest BCUT2D eigenvalue weighted by Gasteiger charge is -2.31. The Morgan fingerprint density at radius 3 is 2.91 bits per heavy atom. The molecule has 0 amide bonds. The average Bonchev–Trinajstić information content (AvgIpc) is 3.26. The summed E-state index contributed by atoms with van der Waals surface area (Å²) in [6, 6.07) is 7.01. The van der Waals surface area contributed by atoms with Crippen LogP contribution in [0.15, 0.2) is 29.3 Å². The first-order valence-electron chi connectivity index (χ1n) is 8.16. The fraction of sp³-hybridized carbons (Fsp3) is 0.588. The van der Waals surface area contributed by atoms with Crippen LogP contribution in [0.25, 0.3) is 0 Å². The molecule has 1 aromatic rings. The Labute approximate surface area is 135 Å². The zero-order chi connectivity index (χ0) is 16.4. The van der Waals surface area contributed by atoms with E-state index in [1.54, 1.807) is 12.1 Å². The summed E-state index contributed by atoms with van der Waals surface area (Å²) in [5.74, 6) is 1.57. The van der Waals surface area contributed by atoms with E-state index < -0.39 is 6.61 Å². The molecule has 0 aromatic heterocycles. The highest BCUT2D eigenvalue weighted by Gasteiger charge is 2.41. The Hall–Kier alpha value is -1.85. The van der Waals surface area contributed by atoms with Gasteiger partial charge < -0.3 is 15.4 Å². The summed E-state index contributed by atoms with van der Waals surface area (Å²) in [5, 5.41) is 0. The SMILES string of the molecule is CC1CCCN(C(N)=N[C@H]2C[C@@H]2c2ccccc2OC(F)F)C1. The van der Waals surface area contributed by atoms with Crippen LogP contribution in [-0.4, -0.2) is 36.6 Å². The molecular weight excluding hydrogens is 300 g/mol. The highest BCUT2D eigenvalue weighted by molar-refractivity contribution is 5.78. The summed E-state index contributed by atoms with van der Waals surface area (Å²) >= 11 is 0. The molecule has 2 N–H and O–H groups in total. The molecule has 0 radical (unpaired) electrons. The van der Waals surface area contributed by atoms with Gasteiger partial charge in [-0.1, -0.05) is 25.1 Å². The number of hydrogen-bond donors (Lipinski definition) is 1. The number of guanidine groups is 1. The first-order chi connectivity index (χ1) is 11.0. The standard InChI is InChI=1S/C17H23F2N3O/c1-11-5-4-8-22(10-11)17(20)21-14-9-13(14)12-6-2-3-7-15(12)23-16(18)19/h2-3,6-7,11,13-14,16H,4-5,8-10H2,1H3,(H2,20,21)/t11?,13-,14+/m1/s1. The van der Waals surface area contributed by atoms with E-state index in [0.29, 0.717) is 11.9 Å². The number of ether oxygens (including phenoxy) is 1. The number of halogens is 2. The van der Waals surface area contributed by atoms with Gasteiger partial charge in [0, 0.05) is 19.0 Å². The van der Waals surface area contributed by atoms with Crippen LogP contribution >= 0.6 is 0 Å². The molecule has 23 heavy (non-hydrogen) atoms.